The molecule has 0 saturated heterocycles. The molecule has 84 valence electrons. The Morgan fingerprint density at radius 2 is 2.00 bits per heavy atom. The number of hydrogen-bond donors (Lipinski definition) is 1. The summed E-state index contributed by atoms with van der Waals surface area (Å²) in [5.41, 5.74) is 2.87. The van der Waals surface area contributed by atoms with Crippen LogP contribution in [0.25, 0.3) is 0 Å². The van der Waals surface area contributed by atoms with Gasteiger partial charge in [0.1, 0.15) is 0 Å². The molecule has 0 heterocycles. The molecule has 0 amide bonds. The minimum Gasteiger partial charge on any atom is -0.316 e. The van der Waals surface area contributed by atoms with Gasteiger partial charge in [-0.2, -0.15) is 11.8 Å². The first-order chi connectivity index (χ1) is 7.34. The van der Waals surface area contributed by atoms with Gasteiger partial charge >= 0.3 is 0 Å². The zero-order valence-corrected chi connectivity index (χ0v) is 10.6. The average Bonchev–Trinajstić information content (AvgIpc) is 2.25. The smallest absolute Gasteiger partial charge is 0.00580 e. The molecule has 0 fully saturated rings. The van der Waals surface area contributed by atoms with E-state index in [0.717, 1.165) is 19.5 Å². The lowest BCUT2D eigenvalue weighted by molar-refractivity contribution is 0.719. The maximum atomic E-state index is 3.48. The zero-order chi connectivity index (χ0) is 10.9. The molecule has 1 aromatic carbocycles. The first-order valence-corrected chi connectivity index (χ1v) is 6.83. The monoisotopic (exact) mass is 223 g/mol. The van der Waals surface area contributed by atoms with Gasteiger partial charge in [-0.05, 0) is 36.8 Å². The summed E-state index contributed by atoms with van der Waals surface area (Å²) in [7, 11) is 0. The molecular formula is C13H21NS. The lowest BCUT2D eigenvalue weighted by Gasteiger charge is -2.06. The minimum absolute atomic E-state index is 1.09. The predicted octanol–water partition coefficient (Wildman–Crippen LogP) is 2.88. The second-order valence-corrected chi connectivity index (χ2v) is 5.02. The van der Waals surface area contributed by atoms with Gasteiger partial charge in [0.05, 0.1) is 0 Å². The van der Waals surface area contributed by atoms with Crippen molar-refractivity contribution in [2.45, 2.75) is 20.3 Å². The molecule has 1 nitrogen and oxygen atoms in total. The van der Waals surface area contributed by atoms with E-state index in [1.54, 1.807) is 0 Å². The van der Waals surface area contributed by atoms with Crippen LogP contribution < -0.4 is 5.32 Å². The van der Waals surface area contributed by atoms with E-state index in [-0.39, 0.29) is 0 Å². The van der Waals surface area contributed by atoms with E-state index in [0.29, 0.717) is 0 Å². The van der Waals surface area contributed by atoms with Gasteiger partial charge < -0.3 is 5.32 Å². The second-order valence-electron chi connectivity index (χ2n) is 3.62. The quantitative estimate of drug-likeness (QED) is 0.713. The molecule has 0 bridgehead atoms. The van der Waals surface area contributed by atoms with Crippen LogP contribution in [0.5, 0.6) is 0 Å². The Morgan fingerprint density at radius 1 is 1.20 bits per heavy atom. The van der Waals surface area contributed by atoms with E-state index < -0.39 is 0 Å². The lowest BCUT2D eigenvalue weighted by Crippen LogP contribution is -2.20. The fraction of sp³-hybridized carbons (Fsp3) is 0.538. The number of thioether (sulfide) groups is 1. The van der Waals surface area contributed by atoms with E-state index in [9.17, 15) is 0 Å². The second kappa shape index (κ2) is 7.77. The standard InChI is InChI=1S/C13H21NS/c1-3-15-11-10-14-9-8-13-7-5-4-6-12(13)2/h4-7,14H,3,8-11H2,1-2H3. The molecule has 0 radical (unpaired) electrons. The van der Waals surface area contributed by atoms with Crippen LogP contribution in [0.15, 0.2) is 24.3 Å². The summed E-state index contributed by atoms with van der Waals surface area (Å²) in [6, 6.07) is 8.62. The predicted molar refractivity (Wildman–Crippen MR) is 70.8 cm³/mol. The van der Waals surface area contributed by atoms with Crippen LogP contribution in [0.2, 0.25) is 0 Å². The van der Waals surface area contributed by atoms with Crippen LogP contribution in [-0.2, 0) is 6.42 Å². The molecule has 0 aromatic heterocycles. The summed E-state index contributed by atoms with van der Waals surface area (Å²) < 4.78 is 0. The molecule has 0 atom stereocenters. The van der Waals surface area contributed by atoms with Gasteiger partial charge in [-0.25, -0.2) is 0 Å². The summed E-state index contributed by atoms with van der Waals surface area (Å²) in [6.45, 7) is 6.61. The number of aryl methyl sites for hydroxylation is 1. The highest BCUT2D eigenvalue weighted by molar-refractivity contribution is 7.99. The third kappa shape index (κ3) is 5.24. The Labute approximate surface area is 97.7 Å². The molecule has 0 saturated carbocycles. The van der Waals surface area contributed by atoms with Crippen molar-refractivity contribution in [1.82, 2.24) is 5.32 Å². The van der Waals surface area contributed by atoms with Crippen LogP contribution in [0.3, 0.4) is 0 Å². The van der Waals surface area contributed by atoms with Crippen molar-refractivity contribution >= 4 is 11.8 Å². The van der Waals surface area contributed by atoms with Crippen molar-refractivity contribution in [2.75, 3.05) is 24.6 Å². The molecule has 0 unspecified atom stereocenters. The van der Waals surface area contributed by atoms with Gasteiger partial charge in [0.2, 0.25) is 0 Å². The Hall–Kier alpha value is -0.470. The Morgan fingerprint density at radius 3 is 2.73 bits per heavy atom. The van der Waals surface area contributed by atoms with Crippen molar-refractivity contribution in [3.8, 4) is 0 Å². The molecule has 0 aliphatic heterocycles. The average molecular weight is 223 g/mol. The Bertz CT molecular complexity index is 273. The van der Waals surface area contributed by atoms with Crippen molar-refractivity contribution in [1.29, 1.82) is 0 Å². The molecule has 0 aliphatic carbocycles. The molecule has 0 spiro atoms. The molecule has 1 aromatic rings. The number of hydrogen-bond acceptors (Lipinski definition) is 2. The summed E-state index contributed by atoms with van der Waals surface area (Å²) in [4.78, 5) is 0. The maximum absolute atomic E-state index is 3.48. The highest BCUT2D eigenvalue weighted by atomic mass is 32.2. The van der Waals surface area contributed by atoms with Crippen LogP contribution in [0.1, 0.15) is 18.1 Å². The SMILES string of the molecule is CCSCCNCCc1ccccc1C. The summed E-state index contributed by atoms with van der Waals surface area (Å²) >= 11 is 2.00. The molecule has 1 N–H and O–H groups in total. The van der Waals surface area contributed by atoms with E-state index in [4.69, 9.17) is 0 Å². The van der Waals surface area contributed by atoms with E-state index in [2.05, 4.69) is 43.4 Å². The largest absolute Gasteiger partial charge is 0.316 e. The van der Waals surface area contributed by atoms with Crippen LogP contribution in [0.4, 0.5) is 0 Å². The van der Waals surface area contributed by atoms with Gasteiger partial charge in [0, 0.05) is 12.3 Å². The van der Waals surface area contributed by atoms with Crippen molar-refractivity contribution < 1.29 is 0 Å². The highest BCUT2D eigenvalue weighted by Gasteiger charge is 1.95. The van der Waals surface area contributed by atoms with Crippen molar-refractivity contribution in [2.24, 2.45) is 0 Å². The summed E-state index contributed by atoms with van der Waals surface area (Å²) in [6.07, 6.45) is 1.14. The number of rotatable bonds is 7. The van der Waals surface area contributed by atoms with Gasteiger partial charge in [-0.1, -0.05) is 31.2 Å². The Balaban J connectivity index is 2.12. The first kappa shape index (κ1) is 12.6. The number of benzene rings is 1. The molecule has 0 aliphatic rings. The zero-order valence-electron chi connectivity index (χ0n) is 9.75. The fourth-order valence-electron chi connectivity index (χ4n) is 1.53. The maximum Gasteiger partial charge on any atom is 0.00580 e. The summed E-state index contributed by atoms with van der Waals surface area (Å²) in [5, 5.41) is 3.48. The third-order valence-corrected chi connectivity index (χ3v) is 3.36. The van der Waals surface area contributed by atoms with E-state index >= 15 is 0 Å². The van der Waals surface area contributed by atoms with Gasteiger partial charge in [0.15, 0.2) is 0 Å². The molecular weight excluding hydrogens is 202 g/mol. The number of nitrogens with one attached hydrogen (secondary N) is 1. The van der Waals surface area contributed by atoms with E-state index in [1.165, 1.54) is 22.6 Å². The normalized spacial score (nSPS) is 10.5. The minimum atomic E-state index is 1.09. The van der Waals surface area contributed by atoms with Crippen molar-refractivity contribution in [3.05, 3.63) is 35.4 Å². The third-order valence-electron chi connectivity index (χ3n) is 2.46. The van der Waals surface area contributed by atoms with Gasteiger partial charge in [-0.15, -0.1) is 0 Å². The molecule has 2 heteroatoms. The molecule has 1 rings (SSSR count). The highest BCUT2D eigenvalue weighted by Crippen LogP contribution is 2.06. The van der Waals surface area contributed by atoms with Crippen LogP contribution in [0, 0.1) is 6.92 Å². The van der Waals surface area contributed by atoms with Crippen LogP contribution >= 0.6 is 11.8 Å². The lowest BCUT2D eigenvalue weighted by atomic mass is 10.1. The topological polar surface area (TPSA) is 12.0 Å². The fourth-order valence-corrected chi connectivity index (χ4v) is 2.10. The van der Waals surface area contributed by atoms with Gasteiger partial charge in [-0.3, -0.25) is 0 Å². The van der Waals surface area contributed by atoms with Crippen LogP contribution in [-0.4, -0.2) is 24.6 Å². The van der Waals surface area contributed by atoms with Crippen molar-refractivity contribution in [3.63, 3.8) is 0 Å². The van der Waals surface area contributed by atoms with E-state index in [1.807, 2.05) is 11.8 Å². The first-order valence-electron chi connectivity index (χ1n) is 5.67. The summed E-state index contributed by atoms with van der Waals surface area (Å²) in [5.74, 6) is 2.45. The van der Waals surface area contributed by atoms with Gasteiger partial charge in [0.25, 0.3) is 0 Å². The Kier molecular flexibility index (Phi) is 6.53. The molecule has 15 heavy (non-hydrogen) atoms.